The molecule has 0 saturated carbocycles. The quantitative estimate of drug-likeness (QED) is 0.322. The second kappa shape index (κ2) is 15.0. The summed E-state index contributed by atoms with van der Waals surface area (Å²) in [6.07, 6.45) is 4.50. The Morgan fingerprint density at radius 2 is 1.34 bits per heavy atom. The molecule has 38 heavy (non-hydrogen) atoms. The highest BCUT2D eigenvalue weighted by Gasteiger charge is 2.15. The predicted molar refractivity (Wildman–Crippen MR) is 148 cm³/mol. The number of hydrogen-bond acceptors (Lipinski definition) is 8. The number of aromatic nitrogens is 2. The fourth-order valence-electron chi connectivity index (χ4n) is 3.52. The van der Waals surface area contributed by atoms with Gasteiger partial charge in [-0.2, -0.15) is 16.8 Å². The first-order valence-electron chi connectivity index (χ1n) is 11.9. The van der Waals surface area contributed by atoms with E-state index < -0.39 is 20.2 Å². The summed E-state index contributed by atoms with van der Waals surface area (Å²) in [5, 5.41) is 4.73. The zero-order valence-corrected chi connectivity index (χ0v) is 23.5. The molecule has 210 valence electrons. The van der Waals surface area contributed by atoms with Crippen LogP contribution in [0.25, 0.3) is 16.8 Å². The summed E-state index contributed by atoms with van der Waals surface area (Å²) in [5.74, 6) is 0.702. The highest BCUT2D eigenvalue weighted by Crippen LogP contribution is 2.30. The van der Waals surface area contributed by atoms with Gasteiger partial charge in [-0.1, -0.05) is 48.5 Å². The number of rotatable bonds is 7. The van der Waals surface area contributed by atoms with Crippen molar-refractivity contribution >= 4 is 20.2 Å². The molecular formula is C25H36N4O7S2. The molecule has 1 aliphatic heterocycles. The molecule has 2 N–H and O–H groups in total. The molecule has 0 bridgehead atoms. The van der Waals surface area contributed by atoms with Gasteiger partial charge in [0, 0.05) is 38.9 Å². The molecule has 1 aromatic heterocycles. The van der Waals surface area contributed by atoms with Crippen molar-refractivity contribution in [1.29, 1.82) is 0 Å². The van der Waals surface area contributed by atoms with Crippen molar-refractivity contribution < 1.29 is 30.7 Å². The van der Waals surface area contributed by atoms with Crippen molar-refractivity contribution in [2.24, 2.45) is 0 Å². The average molecular weight is 569 g/mol. The van der Waals surface area contributed by atoms with E-state index in [2.05, 4.69) is 47.3 Å². The molecule has 0 spiro atoms. The molecule has 0 radical (unpaired) electrons. The largest absolute Gasteiger partial charge is 0.476 e. The first-order chi connectivity index (χ1) is 17.8. The van der Waals surface area contributed by atoms with E-state index in [1.54, 1.807) is 0 Å². The average Bonchev–Trinajstić information content (AvgIpc) is 3.26. The van der Waals surface area contributed by atoms with Gasteiger partial charge in [-0.05, 0) is 31.2 Å². The summed E-state index contributed by atoms with van der Waals surface area (Å²) < 4.78 is 59.8. The van der Waals surface area contributed by atoms with Crippen molar-refractivity contribution in [3.63, 3.8) is 0 Å². The van der Waals surface area contributed by atoms with Gasteiger partial charge in [0.1, 0.15) is 0 Å². The molecular weight excluding hydrogens is 532 g/mol. The maximum atomic E-state index is 9.19. The zero-order chi connectivity index (χ0) is 28.2. The van der Waals surface area contributed by atoms with Gasteiger partial charge in [-0.15, -0.1) is 5.10 Å². The van der Waals surface area contributed by atoms with E-state index >= 15 is 0 Å². The van der Waals surface area contributed by atoms with Gasteiger partial charge in [0.15, 0.2) is 0 Å². The fraction of sp³-hybridized carbons (Fsp3) is 0.400. The molecule has 1 aliphatic rings. The van der Waals surface area contributed by atoms with E-state index in [1.807, 2.05) is 41.1 Å². The summed E-state index contributed by atoms with van der Waals surface area (Å²) in [4.78, 5) is 4.90. The Morgan fingerprint density at radius 1 is 0.842 bits per heavy atom. The predicted octanol–water partition coefficient (Wildman–Crippen LogP) is 2.56. The Balaban J connectivity index is 0.000000435. The summed E-state index contributed by atoms with van der Waals surface area (Å²) in [6, 6.07) is 20.5. The molecule has 13 heteroatoms. The molecule has 4 rings (SSSR count). The zero-order valence-electron chi connectivity index (χ0n) is 21.8. The minimum atomic E-state index is -3.67. The third-order valence-electron chi connectivity index (χ3n) is 5.24. The lowest BCUT2D eigenvalue weighted by Crippen LogP contribution is -2.44. The van der Waals surface area contributed by atoms with E-state index in [9.17, 15) is 16.8 Å². The molecule has 2 aromatic carbocycles. The van der Waals surface area contributed by atoms with Crippen LogP contribution in [-0.2, 0) is 20.2 Å². The van der Waals surface area contributed by atoms with Crippen LogP contribution in [0.1, 0.15) is 6.42 Å². The maximum absolute atomic E-state index is 9.19. The number of benzene rings is 2. The lowest BCUT2D eigenvalue weighted by molar-refractivity contribution is 0.145. The van der Waals surface area contributed by atoms with E-state index in [0.29, 0.717) is 25.0 Å². The number of hydrogen-bond donors (Lipinski definition) is 2. The van der Waals surface area contributed by atoms with Crippen LogP contribution in [0.2, 0.25) is 0 Å². The third kappa shape index (κ3) is 13.7. The Labute approximate surface area is 225 Å². The second-order valence-corrected chi connectivity index (χ2v) is 11.7. The lowest BCUT2D eigenvalue weighted by atomic mass is 10.1. The maximum Gasteiger partial charge on any atom is 0.261 e. The minimum absolute atomic E-state index is 0.679. The molecule has 1 saturated heterocycles. The Kier molecular flexibility index (Phi) is 12.4. The normalized spacial score (nSPS) is 14.6. The van der Waals surface area contributed by atoms with Crippen LogP contribution in [0.4, 0.5) is 0 Å². The van der Waals surface area contributed by atoms with Crippen molar-refractivity contribution in [3.8, 4) is 22.7 Å². The van der Waals surface area contributed by atoms with E-state index in [-0.39, 0.29) is 0 Å². The monoisotopic (exact) mass is 568 g/mol. The smallest absolute Gasteiger partial charge is 0.261 e. The number of para-hydroxylation sites is 1. The van der Waals surface area contributed by atoms with Crippen LogP contribution < -0.4 is 4.74 Å². The highest BCUT2D eigenvalue weighted by molar-refractivity contribution is 7.85. The lowest BCUT2D eigenvalue weighted by Gasteiger charge is -2.32. The molecule has 11 nitrogen and oxygen atoms in total. The number of ether oxygens (including phenoxy) is 1. The number of nitrogens with zero attached hydrogens (tertiary/aromatic N) is 4. The Morgan fingerprint density at radius 3 is 1.87 bits per heavy atom. The van der Waals surface area contributed by atoms with Gasteiger partial charge in [-0.25, -0.2) is 4.68 Å². The van der Waals surface area contributed by atoms with Gasteiger partial charge < -0.3 is 14.5 Å². The molecule has 0 amide bonds. The van der Waals surface area contributed by atoms with Gasteiger partial charge in [-0.3, -0.25) is 9.11 Å². The summed E-state index contributed by atoms with van der Waals surface area (Å²) >= 11 is 0. The molecule has 0 aliphatic carbocycles. The molecule has 0 unspecified atom stereocenters. The van der Waals surface area contributed by atoms with Crippen LogP contribution in [-0.4, -0.2) is 104 Å². The van der Waals surface area contributed by atoms with E-state index in [1.165, 1.54) is 0 Å². The van der Waals surface area contributed by atoms with E-state index in [4.69, 9.17) is 18.9 Å². The third-order valence-corrected chi connectivity index (χ3v) is 5.24. The SMILES string of the molecule is CN1CCN(CCCOc2nn(-c3ccccc3)cc2-c2ccccc2)CC1.CS(=O)(=O)O.CS(=O)(=O)O. The van der Waals surface area contributed by atoms with Crippen molar-refractivity contribution in [1.82, 2.24) is 19.6 Å². The Hall–Kier alpha value is -2.81. The van der Waals surface area contributed by atoms with E-state index in [0.717, 1.165) is 56.0 Å². The van der Waals surface area contributed by atoms with Crippen LogP contribution in [0.5, 0.6) is 5.88 Å². The highest BCUT2D eigenvalue weighted by atomic mass is 32.2. The minimum Gasteiger partial charge on any atom is -0.476 e. The first-order valence-corrected chi connectivity index (χ1v) is 15.6. The van der Waals surface area contributed by atoms with Gasteiger partial charge in [0.25, 0.3) is 20.2 Å². The number of likely N-dealkylation sites (N-methyl/N-ethyl adjacent to an activating group) is 1. The topological polar surface area (TPSA) is 142 Å². The Bertz CT molecular complexity index is 1260. The fourth-order valence-corrected chi connectivity index (χ4v) is 3.52. The standard InChI is InChI=1S/C23H28N4O.2CH4O3S/c1-25-14-16-26(17-15-25)13-8-18-28-23-22(20-9-4-2-5-10-20)19-27(24-23)21-11-6-3-7-12-21;2*1-5(2,3)4/h2-7,9-12,19H,8,13-18H2,1H3;2*1H3,(H,2,3,4). The van der Waals surface area contributed by atoms with Gasteiger partial charge >= 0.3 is 0 Å². The molecule has 2 heterocycles. The summed E-state index contributed by atoms with van der Waals surface area (Å²) in [5.41, 5.74) is 3.19. The van der Waals surface area contributed by atoms with Crippen molar-refractivity contribution in [2.75, 3.05) is 58.9 Å². The first kappa shape index (κ1) is 31.4. The number of piperazine rings is 1. The molecule has 1 fully saturated rings. The second-order valence-electron chi connectivity index (χ2n) is 8.81. The van der Waals surface area contributed by atoms with Gasteiger partial charge in [0.05, 0.1) is 30.4 Å². The van der Waals surface area contributed by atoms with Crippen LogP contribution >= 0.6 is 0 Å². The van der Waals surface area contributed by atoms with Crippen LogP contribution in [0.15, 0.2) is 66.9 Å². The van der Waals surface area contributed by atoms with Crippen molar-refractivity contribution in [2.45, 2.75) is 6.42 Å². The molecule has 0 atom stereocenters. The van der Waals surface area contributed by atoms with Crippen molar-refractivity contribution in [3.05, 3.63) is 66.9 Å². The molecule has 3 aromatic rings. The van der Waals surface area contributed by atoms with Crippen LogP contribution in [0, 0.1) is 0 Å². The van der Waals surface area contributed by atoms with Crippen LogP contribution in [0.3, 0.4) is 0 Å². The van der Waals surface area contributed by atoms with Gasteiger partial charge in [0.2, 0.25) is 5.88 Å². The summed E-state index contributed by atoms with van der Waals surface area (Å²) in [6.45, 7) is 6.36. The summed E-state index contributed by atoms with van der Waals surface area (Å²) in [7, 11) is -5.14.